The largest absolute Gasteiger partial charge is 0.496 e. The molecule has 0 spiro atoms. The van der Waals surface area contributed by atoms with Crippen LogP contribution in [-0.2, 0) is 0 Å². The summed E-state index contributed by atoms with van der Waals surface area (Å²) < 4.78 is 13.3. The van der Waals surface area contributed by atoms with Crippen molar-refractivity contribution < 1.29 is 9.15 Å². The van der Waals surface area contributed by atoms with Gasteiger partial charge in [0.15, 0.2) is 10.8 Å². The lowest BCUT2D eigenvalue weighted by atomic mass is 10.1. The molecular weight excluding hydrogens is 384 g/mol. The molecule has 0 saturated carbocycles. The van der Waals surface area contributed by atoms with Gasteiger partial charge in [0.1, 0.15) is 17.3 Å². The van der Waals surface area contributed by atoms with Crippen molar-refractivity contribution in [3.8, 4) is 39.0 Å². The summed E-state index contributed by atoms with van der Waals surface area (Å²) in [6.45, 7) is 4.00. The van der Waals surface area contributed by atoms with Gasteiger partial charge in [-0.1, -0.05) is 47.2 Å². The fourth-order valence-corrected chi connectivity index (χ4v) is 4.27. The number of nitrogens with zero attached hydrogens (tertiary/aromatic N) is 4. The molecule has 0 saturated heterocycles. The Bertz CT molecular complexity index is 1330. The molecular formula is C22H18N4O2S. The first-order valence-electron chi connectivity index (χ1n) is 9.17. The van der Waals surface area contributed by atoms with Gasteiger partial charge in [0.25, 0.3) is 0 Å². The second-order valence-electron chi connectivity index (χ2n) is 6.78. The van der Waals surface area contributed by atoms with E-state index >= 15 is 0 Å². The summed E-state index contributed by atoms with van der Waals surface area (Å²) in [7, 11) is 1.66. The Morgan fingerprint density at radius 3 is 2.66 bits per heavy atom. The van der Waals surface area contributed by atoms with Crippen LogP contribution in [0.3, 0.4) is 0 Å². The molecule has 0 aliphatic rings. The average Bonchev–Trinajstić information content (AvgIpc) is 3.41. The van der Waals surface area contributed by atoms with Gasteiger partial charge in [-0.3, -0.25) is 0 Å². The number of ether oxygens (including phenoxy) is 1. The maximum atomic E-state index is 6.04. The molecule has 0 N–H and O–H groups in total. The highest BCUT2D eigenvalue weighted by molar-refractivity contribution is 7.19. The molecule has 7 heteroatoms. The van der Waals surface area contributed by atoms with E-state index in [1.54, 1.807) is 11.6 Å². The zero-order valence-corrected chi connectivity index (χ0v) is 17.0. The van der Waals surface area contributed by atoms with Crippen LogP contribution in [0.1, 0.15) is 11.3 Å². The predicted octanol–water partition coefficient (Wildman–Crippen LogP) is 5.41. The van der Waals surface area contributed by atoms with Crippen LogP contribution in [0, 0.1) is 13.8 Å². The molecule has 0 radical (unpaired) electrons. The zero-order chi connectivity index (χ0) is 20.0. The summed E-state index contributed by atoms with van der Waals surface area (Å²) in [6.07, 6.45) is 0. The number of aryl methyl sites for hydroxylation is 2. The van der Waals surface area contributed by atoms with Crippen molar-refractivity contribution in [1.82, 2.24) is 19.8 Å². The molecule has 0 unspecified atom stereocenters. The molecule has 6 nitrogen and oxygen atoms in total. The van der Waals surface area contributed by atoms with Crippen LogP contribution in [0.15, 0.2) is 59.0 Å². The number of aromatic nitrogens is 4. The molecule has 0 amide bonds. The molecule has 0 bridgehead atoms. The van der Waals surface area contributed by atoms with E-state index in [1.807, 2.05) is 49.4 Å². The average molecular weight is 402 g/mol. The number of rotatable bonds is 4. The van der Waals surface area contributed by atoms with E-state index in [1.165, 1.54) is 16.9 Å². The number of benzene rings is 2. The predicted molar refractivity (Wildman–Crippen MR) is 113 cm³/mol. The van der Waals surface area contributed by atoms with Crippen molar-refractivity contribution in [2.24, 2.45) is 0 Å². The van der Waals surface area contributed by atoms with Crippen molar-refractivity contribution >= 4 is 16.3 Å². The van der Waals surface area contributed by atoms with Gasteiger partial charge >= 0.3 is 0 Å². The molecule has 0 fully saturated rings. The SMILES string of the molecule is COc1ccccc1-c1cc(-c2nn3c(-c4cccc(C)c4)nnc3s2)c(C)o1. The van der Waals surface area contributed by atoms with Gasteiger partial charge in [-0.05, 0) is 38.1 Å². The second kappa shape index (κ2) is 6.86. The first kappa shape index (κ1) is 17.6. The van der Waals surface area contributed by atoms with Crippen LogP contribution in [-0.4, -0.2) is 26.9 Å². The molecule has 3 aromatic heterocycles. The topological polar surface area (TPSA) is 65.5 Å². The van der Waals surface area contributed by atoms with Crippen molar-refractivity contribution in [3.05, 3.63) is 65.9 Å². The lowest BCUT2D eigenvalue weighted by Crippen LogP contribution is -1.91. The standard InChI is InChI=1S/C22H18N4O2S/c1-13-7-6-8-15(11-13)20-23-24-22-26(20)25-21(29-22)17-12-19(28-14(17)2)16-9-4-5-10-18(16)27-3/h4-12H,1-3H3. The molecule has 3 heterocycles. The quantitative estimate of drug-likeness (QED) is 0.402. The normalized spacial score (nSPS) is 11.3. The summed E-state index contributed by atoms with van der Waals surface area (Å²) in [5, 5.41) is 14.2. The Kier molecular flexibility index (Phi) is 4.17. The van der Waals surface area contributed by atoms with Crippen LogP contribution in [0.5, 0.6) is 5.75 Å². The maximum absolute atomic E-state index is 6.04. The minimum atomic E-state index is 0.734. The van der Waals surface area contributed by atoms with E-state index < -0.39 is 0 Å². The third kappa shape index (κ3) is 3.00. The van der Waals surface area contributed by atoms with Gasteiger partial charge in [0.2, 0.25) is 4.96 Å². The number of fused-ring (bicyclic) bond motifs is 1. The summed E-state index contributed by atoms with van der Waals surface area (Å²) in [5.74, 6) is 3.05. The monoisotopic (exact) mass is 402 g/mol. The smallest absolute Gasteiger partial charge is 0.235 e. The van der Waals surface area contributed by atoms with E-state index in [9.17, 15) is 0 Å². The van der Waals surface area contributed by atoms with Gasteiger partial charge in [-0.15, -0.1) is 10.2 Å². The Hall–Kier alpha value is -3.45. The fourth-order valence-electron chi connectivity index (χ4n) is 3.37. The molecule has 0 aliphatic heterocycles. The molecule has 5 aromatic rings. The van der Waals surface area contributed by atoms with Crippen LogP contribution in [0.4, 0.5) is 0 Å². The van der Waals surface area contributed by atoms with E-state index in [0.717, 1.165) is 49.8 Å². The van der Waals surface area contributed by atoms with E-state index in [4.69, 9.17) is 14.3 Å². The number of methoxy groups -OCH3 is 1. The van der Waals surface area contributed by atoms with Crippen molar-refractivity contribution in [3.63, 3.8) is 0 Å². The summed E-state index contributed by atoms with van der Waals surface area (Å²) in [6, 6.07) is 18.0. The first-order chi connectivity index (χ1) is 14.1. The Morgan fingerprint density at radius 1 is 0.966 bits per heavy atom. The Morgan fingerprint density at radius 2 is 1.83 bits per heavy atom. The summed E-state index contributed by atoms with van der Waals surface area (Å²) >= 11 is 1.49. The number of para-hydroxylation sites is 1. The highest BCUT2D eigenvalue weighted by atomic mass is 32.1. The van der Waals surface area contributed by atoms with Crippen LogP contribution in [0.2, 0.25) is 0 Å². The molecule has 29 heavy (non-hydrogen) atoms. The van der Waals surface area contributed by atoms with E-state index in [-0.39, 0.29) is 0 Å². The van der Waals surface area contributed by atoms with Gasteiger partial charge in [0, 0.05) is 5.56 Å². The van der Waals surface area contributed by atoms with Gasteiger partial charge in [-0.25, -0.2) is 0 Å². The Balaban J connectivity index is 1.59. The minimum Gasteiger partial charge on any atom is -0.496 e. The second-order valence-corrected chi connectivity index (χ2v) is 7.73. The molecule has 144 valence electrons. The molecule has 0 atom stereocenters. The lowest BCUT2D eigenvalue weighted by Gasteiger charge is -2.04. The zero-order valence-electron chi connectivity index (χ0n) is 16.2. The number of hydrogen-bond donors (Lipinski definition) is 0. The van der Waals surface area contributed by atoms with E-state index in [2.05, 4.69) is 29.3 Å². The molecule has 5 rings (SSSR count). The number of furan rings is 1. The lowest BCUT2D eigenvalue weighted by molar-refractivity contribution is 0.414. The number of hydrogen-bond acceptors (Lipinski definition) is 6. The maximum Gasteiger partial charge on any atom is 0.235 e. The summed E-state index contributed by atoms with van der Waals surface area (Å²) in [5.41, 5.74) is 4.01. The molecule has 0 aliphatic carbocycles. The van der Waals surface area contributed by atoms with Gasteiger partial charge < -0.3 is 9.15 Å². The minimum absolute atomic E-state index is 0.734. The fraction of sp³-hybridized carbons (Fsp3) is 0.136. The van der Waals surface area contributed by atoms with Crippen molar-refractivity contribution in [2.45, 2.75) is 13.8 Å². The van der Waals surface area contributed by atoms with Crippen LogP contribution in [0.25, 0.3) is 38.2 Å². The highest BCUT2D eigenvalue weighted by Crippen LogP contribution is 2.38. The van der Waals surface area contributed by atoms with Crippen LogP contribution < -0.4 is 4.74 Å². The third-order valence-electron chi connectivity index (χ3n) is 4.79. The summed E-state index contributed by atoms with van der Waals surface area (Å²) in [4.78, 5) is 0.746. The highest BCUT2D eigenvalue weighted by Gasteiger charge is 2.19. The Labute approximate surface area is 171 Å². The van der Waals surface area contributed by atoms with Crippen molar-refractivity contribution in [2.75, 3.05) is 7.11 Å². The van der Waals surface area contributed by atoms with Crippen molar-refractivity contribution in [1.29, 1.82) is 0 Å². The first-order valence-corrected chi connectivity index (χ1v) is 9.99. The molecule has 2 aromatic carbocycles. The van der Waals surface area contributed by atoms with E-state index in [0.29, 0.717) is 0 Å². The third-order valence-corrected chi connectivity index (χ3v) is 5.72. The van der Waals surface area contributed by atoms with Gasteiger partial charge in [-0.2, -0.15) is 9.61 Å². The van der Waals surface area contributed by atoms with Crippen LogP contribution >= 0.6 is 11.3 Å². The van der Waals surface area contributed by atoms with Gasteiger partial charge in [0.05, 0.1) is 18.2 Å².